The predicted octanol–water partition coefficient (Wildman–Crippen LogP) is 2.19. The number of fused-ring (bicyclic) bond motifs is 1. The van der Waals surface area contributed by atoms with Gasteiger partial charge in [0.15, 0.2) is 0 Å². The lowest BCUT2D eigenvalue weighted by Gasteiger charge is -2.09. The van der Waals surface area contributed by atoms with E-state index in [9.17, 15) is 0 Å². The molecule has 0 unspecified atom stereocenters. The average Bonchev–Trinajstić information content (AvgIpc) is 2.82. The summed E-state index contributed by atoms with van der Waals surface area (Å²) in [4.78, 5) is 8.96. The van der Waals surface area contributed by atoms with E-state index in [4.69, 9.17) is 5.73 Å². The van der Waals surface area contributed by atoms with Gasteiger partial charge in [-0.2, -0.15) is 0 Å². The molecule has 0 atom stereocenters. The van der Waals surface area contributed by atoms with Crippen LogP contribution in [-0.2, 0) is 6.54 Å². The summed E-state index contributed by atoms with van der Waals surface area (Å²) in [5.41, 5.74) is 9.78. The number of benzene rings is 1. The van der Waals surface area contributed by atoms with Gasteiger partial charge in [0.25, 0.3) is 0 Å². The van der Waals surface area contributed by atoms with Gasteiger partial charge in [-0.25, -0.2) is 9.97 Å². The van der Waals surface area contributed by atoms with Gasteiger partial charge in [0, 0.05) is 17.8 Å². The molecule has 0 bridgehead atoms. The Balaban J connectivity index is 2.29. The second-order valence-electron chi connectivity index (χ2n) is 4.24. The second kappa shape index (κ2) is 4.23. The molecule has 4 heteroatoms. The molecule has 0 amide bonds. The van der Waals surface area contributed by atoms with Crippen LogP contribution in [0, 0.1) is 6.92 Å². The molecule has 0 saturated carbocycles. The zero-order valence-electron chi connectivity index (χ0n) is 10.2. The molecule has 2 heterocycles. The van der Waals surface area contributed by atoms with E-state index >= 15 is 0 Å². The van der Waals surface area contributed by atoms with Gasteiger partial charge in [-0.05, 0) is 25.1 Å². The number of hydrogen-bond donors (Lipinski definition) is 1. The van der Waals surface area contributed by atoms with E-state index in [0.717, 1.165) is 28.1 Å². The van der Waals surface area contributed by atoms with Crippen LogP contribution in [0.4, 0.5) is 0 Å². The van der Waals surface area contributed by atoms with Crippen LogP contribution in [0.2, 0.25) is 0 Å². The first-order valence-electron chi connectivity index (χ1n) is 5.88. The number of nitrogens with zero attached hydrogens (tertiary/aromatic N) is 3. The molecule has 1 aromatic carbocycles. The molecule has 0 radical (unpaired) electrons. The average molecular weight is 238 g/mol. The molecule has 3 aromatic rings. The van der Waals surface area contributed by atoms with Crippen molar-refractivity contribution in [2.24, 2.45) is 5.73 Å². The van der Waals surface area contributed by atoms with Crippen LogP contribution >= 0.6 is 0 Å². The zero-order valence-corrected chi connectivity index (χ0v) is 10.2. The summed E-state index contributed by atoms with van der Waals surface area (Å²) in [6.07, 6.45) is 1.80. The highest BCUT2D eigenvalue weighted by atomic mass is 15.1. The van der Waals surface area contributed by atoms with Crippen LogP contribution in [0.5, 0.6) is 0 Å². The highest BCUT2D eigenvalue weighted by Crippen LogP contribution is 2.19. The van der Waals surface area contributed by atoms with Crippen LogP contribution in [0.25, 0.3) is 16.9 Å². The van der Waals surface area contributed by atoms with Crippen molar-refractivity contribution >= 4 is 11.0 Å². The fraction of sp³-hybridized carbons (Fsp3) is 0.143. The molecule has 2 N–H and O–H groups in total. The van der Waals surface area contributed by atoms with Crippen LogP contribution in [0.15, 0.2) is 42.7 Å². The second-order valence-corrected chi connectivity index (χ2v) is 4.24. The van der Waals surface area contributed by atoms with Crippen molar-refractivity contribution in [2.45, 2.75) is 13.5 Å². The minimum atomic E-state index is 0.467. The quantitative estimate of drug-likeness (QED) is 0.744. The molecule has 3 rings (SSSR count). The SMILES string of the molecule is Cc1ccc(CN)c(-n2cnc3ccccc32)n1. The van der Waals surface area contributed by atoms with Gasteiger partial charge in [-0.1, -0.05) is 18.2 Å². The van der Waals surface area contributed by atoms with Crippen molar-refractivity contribution in [1.29, 1.82) is 0 Å². The zero-order chi connectivity index (χ0) is 12.5. The molecule has 2 aromatic heterocycles. The molecule has 18 heavy (non-hydrogen) atoms. The monoisotopic (exact) mass is 238 g/mol. The van der Waals surface area contributed by atoms with E-state index in [2.05, 4.69) is 9.97 Å². The summed E-state index contributed by atoms with van der Waals surface area (Å²) in [5.74, 6) is 0.867. The number of aromatic nitrogens is 3. The molecule has 0 spiro atoms. The van der Waals surface area contributed by atoms with Gasteiger partial charge in [-0.3, -0.25) is 4.57 Å². The first-order valence-corrected chi connectivity index (χ1v) is 5.88. The van der Waals surface area contributed by atoms with Gasteiger partial charge in [0.05, 0.1) is 11.0 Å². The lowest BCUT2D eigenvalue weighted by Crippen LogP contribution is -2.07. The molecule has 4 nitrogen and oxygen atoms in total. The maximum Gasteiger partial charge on any atom is 0.143 e. The molecule has 0 fully saturated rings. The summed E-state index contributed by atoms with van der Waals surface area (Å²) < 4.78 is 1.99. The van der Waals surface area contributed by atoms with Crippen molar-refractivity contribution in [1.82, 2.24) is 14.5 Å². The smallest absolute Gasteiger partial charge is 0.143 e. The van der Waals surface area contributed by atoms with Gasteiger partial charge < -0.3 is 5.73 Å². The lowest BCUT2D eigenvalue weighted by atomic mass is 10.2. The highest BCUT2D eigenvalue weighted by molar-refractivity contribution is 5.77. The fourth-order valence-electron chi connectivity index (χ4n) is 2.07. The van der Waals surface area contributed by atoms with Crippen molar-refractivity contribution < 1.29 is 0 Å². The number of hydrogen-bond acceptors (Lipinski definition) is 3. The van der Waals surface area contributed by atoms with Gasteiger partial charge in [0.1, 0.15) is 12.1 Å². The number of rotatable bonds is 2. The van der Waals surface area contributed by atoms with Crippen molar-refractivity contribution in [2.75, 3.05) is 0 Å². The Morgan fingerprint density at radius 1 is 1.17 bits per heavy atom. The minimum Gasteiger partial charge on any atom is -0.326 e. The maximum atomic E-state index is 5.78. The Morgan fingerprint density at radius 2 is 2.00 bits per heavy atom. The summed E-state index contributed by atoms with van der Waals surface area (Å²) in [5, 5.41) is 0. The summed E-state index contributed by atoms with van der Waals surface area (Å²) >= 11 is 0. The van der Waals surface area contributed by atoms with Crippen molar-refractivity contribution in [3.63, 3.8) is 0 Å². The molecule has 0 aliphatic heterocycles. The van der Waals surface area contributed by atoms with Crippen molar-refractivity contribution in [3.8, 4) is 5.82 Å². The summed E-state index contributed by atoms with van der Waals surface area (Å²) in [6.45, 7) is 2.44. The van der Waals surface area contributed by atoms with Crippen molar-refractivity contribution in [3.05, 3.63) is 54.0 Å². The molecular formula is C14H14N4. The first-order chi connectivity index (χ1) is 8.79. The fourth-order valence-corrected chi connectivity index (χ4v) is 2.07. The van der Waals surface area contributed by atoms with Crippen LogP contribution < -0.4 is 5.73 Å². The Hall–Kier alpha value is -2.20. The predicted molar refractivity (Wildman–Crippen MR) is 71.5 cm³/mol. The number of nitrogens with two attached hydrogens (primary N) is 1. The molecule has 0 saturated heterocycles. The summed E-state index contributed by atoms with van der Waals surface area (Å²) in [6, 6.07) is 12.0. The number of pyridine rings is 1. The van der Waals surface area contributed by atoms with Gasteiger partial charge in [0.2, 0.25) is 0 Å². The summed E-state index contributed by atoms with van der Waals surface area (Å²) in [7, 11) is 0. The topological polar surface area (TPSA) is 56.7 Å². The maximum absolute atomic E-state index is 5.78. The first kappa shape index (κ1) is 10.9. The lowest BCUT2D eigenvalue weighted by molar-refractivity contribution is 0.937. The van der Waals surface area contributed by atoms with Crippen LogP contribution in [-0.4, -0.2) is 14.5 Å². The Kier molecular flexibility index (Phi) is 2.57. The van der Waals surface area contributed by atoms with Crippen LogP contribution in [0.3, 0.4) is 0 Å². The van der Waals surface area contributed by atoms with Crippen LogP contribution in [0.1, 0.15) is 11.3 Å². The standard InChI is InChI=1S/C14H14N4/c1-10-6-7-11(8-15)14(17-10)18-9-16-12-4-2-3-5-13(12)18/h2-7,9H,8,15H2,1H3. The third-order valence-electron chi connectivity index (χ3n) is 3.00. The highest BCUT2D eigenvalue weighted by Gasteiger charge is 2.09. The number of imidazole rings is 1. The number of aryl methyl sites for hydroxylation is 1. The van der Waals surface area contributed by atoms with E-state index in [1.165, 1.54) is 0 Å². The Labute approximate surface area is 105 Å². The molecule has 0 aliphatic rings. The van der Waals surface area contributed by atoms with E-state index in [1.807, 2.05) is 47.9 Å². The van der Waals surface area contributed by atoms with E-state index in [-0.39, 0.29) is 0 Å². The Bertz CT molecular complexity index is 700. The molecular weight excluding hydrogens is 224 g/mol. The molecule has 0 aliphatic carbocycles. The van der Waals surface area contributed by atoms with E-state index < -0.39 is 0 Å². The normalized spacial score (nSPS) is 11.0. The Morgan fingerprint density at radius 3 is 2.83 bits per heavy atom. The third-order valence-corrected chi connectivity index (χ3v) is 3.00. The van der Waals surface area contributed by atoms with E-state index in [0.29, 0.717) is 6.54 Å². The number of para-hydroxylation sites is 2. The van der Waals surface area contributed by atoms with Gasteiger partial charge >= 0.3 is 0 Å². The van der Waals surface area contributed by atoms with E-state index in [1.54, 1.807) is 6.33 Å². The molecule has 90 valence electrons. The van der Waals surface area contributed by atoms with Gasteiger partial charge in [-0.15, -0.1) is 0 Å². The minimum absolute atomic E-state index is 0.467. The largest absolute Gasteiger partial charge is 0.326 e. The third kappa shape index (κ3) is 1.67.